The molecule has 2 heterocycles. The quantitative estimate of drug-likeness (QED) is 0.668. The summed E-state index contributed by atoms with van der Waals surface area (Å²) in [5.74, 6) is -1.64. The van der Waals surface area contributed by atoms with E-state index in [-0.39, 0.29) is 12.3 Å². The van der Waals surface area contributed by atoms with Gasteiger partial charge >= 0.3 is 0 Å². The van der Waals surface area contributed by atoms with Gasteiger partial charge in [0.1, 0.15) is 0 Å². The summed E-state index contributed by atoms with van der Waals surface area (Å²) in [5.41, 5.74) is 1.73. The number of aliphatic carboxylic acids is 1. The first-order chi connectivity index (χ1) is 11.0. The van der Waals surface area contributed by atoms with Crippen molar-refractivity contribution >= 4 is 55.9 Å². The molecule has 1 aliphatic rings. The molecule has 0 saturated carbocycles. The Morgan fingerprint density at radius 1 is 1.39 bits per heavy atom. The first-order valence-corrected chi connectivity index (χ1v) is 8.57. The van der Waals surface area contributed by atoms with Crippen LogP contribution in [-0.4, -0.2) is 28.0 Å². The lowest BCUT2D eigenvalue weighted by molar-refractivity contribution is -0.305. The van der Waals surface area contributed by atoms with Gasteiger partial charge in [-0.05, 0) is 13.0 Å². The number of amidine groups is 1. The minimum Gasteiger partial charge on any atom is -0.550 e. The van der Waals surface area contributed by atoms with Gasteiger partial charge in [0, 0.05) is 33.4 Å². The largest absolute Gasteiger partial charge is 0.550 e. The van der Waals surface area contributed by atoms with Crippen molar-refractivity contribution in [3.8, 4) is 0 Å². The first kappa shape index (κ1) is 15.7. The number of hydrogen-bond donors (Lipinski definition) is 1. The monoisotopic (exact) mass is 346 g/mol. The minimum atomic E-state index is -1.26. The predicted octanol–water partition coefficient (Wildman–Crippen LogP) is 1.35. The van der Waals surface area contributed by atoms with Gasteiger partial charge in [-0.25, -0.2) is 0 Å². The maximum absolute atomic E-state index is 11.6. The third-order valence-corrected chi connectivity index (χ3v) is 5.33. The van der Waals surface area contributed by atoms with Crippen molar-refractivity contribution in [3.05, 3.63) is 35.2 Å². The van der Waals surface area contributed by atoms with Gasteiger partial charge in [-0.15, -0.1) is 16.4 Å². The van der Waals surface area contributed by atoms with Gasteiger partial charge in [0.15, 0.2) is 5.17 Å². The van der Waals surface area contributed by atoms with E-state index in [1.54, 1.807) is 11.3 Å². The number of rotatable bonds is 4. The Kier molecular flexibility index (Phi) is 4.44. The summed E-state index contributed by atoms with van der Waals surface area (Å²) in [6, 6.07) is 8.02. The third-order valence-electron chi connectivity index (χ3n) is 3.29. The fourth-order valence-electron chi connectivity index (χ4n) is 2.17. The van der Waals surface area contributed by atoms with E-state index < -0.39 is 11.2 Å². The second-order valence-corrected chi connectivity index (χ2v) is 7.01. The number of hydrogen-bond acceptors (Lipinski definition) is 7. The molecule has 1 amide bonds. The van der Waals surface area contributed by atoms with Crippen molar-refractivity contribution in [1.82, 2.24) is 5.32 Å². The number of thiophene rings is 1. The number of benzene rings is 1. The maximum Gasteiger partial charge on any atom is 0.239 e. The van der Waals surface area contributed by atoms with Crippen LogP contribution in [0.2, 0.25) is 0 Å². The van der Waals surface area contributed by atoms with Crippen LogP contribution < -0.4 is 10.4 Å². The van der Waals surface area contributed by atoms with Crippen LogP contribution in [0.5, 0.6) is 0 Å². The van der Waals surface area contributed by atoms with Gasteiger partial charge in [-0.3, -0.25) is 4.79 Å². The van der Waals surface area contributed by atoms with Crippen LogP contribution >= 0.6 is 23.1 Å². The smallest absolute Gasteiger partial charge is 0.239 e. The molecule has 1 saturated heterocycles. The Balaban J connectivity index is 1.79. The number of carbonyl (C=O) groups is 2. The zero-order valence-electron chi connectivity index (χ0n) is 12.1. The third kappa shape index (κ3) is 3.43. The number of thioether (sulfide) groups is 1. The average Bonchev–Trinajstić information content (AvgIpc) is 3.08. The van der Waals surface area contributed by atoms with Crippen molar-refractivity contribution in [2.45, 2.75) is 18.6 Å². The van der Waals surface area contributed by atoms with E-state index in [0.717, 1.165) is 28.4 Å². The van der Waals surface area contributed by atoms with Crippen molar-refractivity contribution in [2.75, 3.05) is 0 Å². The lowest BCUT2D eigenvalue weighted by atomic mass is 10.1. The van der Waals surface area contributed by atoms with Crippen LogP contribution in [0.15, 0.2) is 39.8 Å². The van der Waals surface area contributed by atoms with Crippen molar-refractivity contribution in [1.29, 1.82) is 0 Å². The highest BCUT2D eigenvalue weighted by Gasteiger charge is 2.30. The van der Waals surface area contributed by atoms with E-state index in [2.05, 4.69) is 15.5 Å². The molecule has 1 aromatic heterocycles. The summed E-state index contributed by atoms with van der Waals surface area (Å²) in [6.45, 7) is 1.85. The molecule has 0 spiro atoms. The molecule has 0 radical (unpaired) electrons. The molecular formula is C15H12N3O3S2-. The normalized spacial score (nSPS) is 20.2. The van der Waals surface area contributed by atoms with Gasteiger partial charge in [-0.2, -0.15) is 5.10 Å². The van der Waals surface area contributed by atoms with Crippen molar-refractivity contribution in [3.63, 3.8) is 0 Å². The van der Waals surface area contributed by atoms with Crippen LogP contribution in [0.25, 0.3) is 10.1 Å². The van der Waals surface area contributed by atoms with Crippen LogP contribution in [0, 0.1) is 0 Å². The molecule has 1 N–H and O–H groups in total. The standard InChI is InChI=1S/C15H13N3O3S2/c1-8(10-7-22-11-5-3-2-4-9(10)11)17-18-15-16-14(21)12(23-15)6-13(19)20/h2-5,7,12H,6H2,1H3,(H,19,20)(H,16,18,21)/p-1/t12-/m0/s1. The first-order valence-electron chi connectivity index (χ1n) is 6.81. The van der Waals surface area contributed by atoms with E-state index in [1.807, 2.05) is 36.6 Å². The van der Waals surface area contributed by atoms with Crippen LogP contribution in [0.1, 0.15) is 18.9 Å². The Labute approximate surface area is 140 Å². The Morgan fingerprint density at radius 2 is 2.17 bits per heavy atom. The second-order valence-electron chi connectivity index (χ2n) is 4.91. The van der Waals surface area contributed by atoms with Crippen LogP contribution in [0.3, 0.4) is 0 Å². The SMILES string of the molecule is CC(=N/N=C1\NC(=O)[C@H](CC(=O)[O-])S1)c1csc2ccccc12. The molecule has 1 aromatic carbocycles. The summed E-state index contributed by atoms with van der Waals surface area (Å²) in [6.07, 6.45) is -0.340. The molecule has 0 aliphatic carbocycles. The molecule has 1 atom stereocenters. The molecule has 3 rings (SSSR count). The van der Waals surface area contributed by atoms with Gasteiger partial charge in [0.05, 0.1) is 11.0 Å². The van der Waals surface area contributed by atoms with E-state index in [4.69, 9.17) is 0 Å². The number of carbonyl (C=O) groups excluding carboxylic acids is 2. The molecule has 23 heavy (non-hydrogen) atoms. The Bertz CT molecular complexity index is 841. The molecule has 2 aromatic rings. The fourth-order valence-corrected chi connectivity index (χ4v) is 4.08. The fraction of sp³-hybridized carbons (Fsp3) is 0.200. The van der Waals surface area contributed by atoms with E-state index in [9.17, 15) is 14.7 Å². The number of amides is 1. The number of nitrogens with zero attached hydrogens (tertiary/aromatic N) is 2. The van der Waals surface area contributed by atoms with Gasteiger partial charge < -0.3 is 15.2 Å². The van der Waals surface area contributed by atoms with Gasteiger partial charge in [0.2, 0.25) is 5.91 Å². The summed E-state index contributed by atoms with van der Waals surface area (Å²) in [4.78, 5) is 22.2. The van der Waals surface area contributed by atoms with Gasteiger partial charge in [-0.1, -0.05) is 30.0 Å². The Hall–Kier alpha value is -2.19. The average molecular weight is 346 g/mol. The molecule has 6 nitrogen and oxygen atoms in total. The van der Waals surface area contributed by atoms with E-state index in [1.165, 1.54) is 4.70 Å². The minimum absolute atomic E-state index is 0.306. The summed E-state index contributed by atoms with van der Waals surface area (Å²) >= 11 is 2.69. The topological polar surface area (TPSA) is 94.0 Å². The van der Waals surface area contributed by atoms with Crippen molar-refractivity contribution < 1.29 is 14.7 Å². The molecule has 0 unspecified atom stereocenters. The zero-order valence-corrected chi connectivity index (χ0v) is 13.7. The van der Waals surface area contributed by atoms with Crippen LogP contribution in [0.4, 0.5) is 0 Å². The zero-order chi connectivity index (χ0) is 16.4. The lowest BCUT2D eigenvalue weighted by Crippen LogP contribution is -2.31. The Morgan fingerprint density at radius 3 is 2.96 bits per heavy atom. The summed E-state index contributed by atoms with van der Waals surface area (Å²) < 4.78 is 1.17. The van der Waals surface area contributed by atoms with E-state index in [0.29, 0.717) is 5.17 Å². The number of nitrogens with one attached hydrogen (secondary N) is 1. The highest BCUT2D eigenvalue weighted by atomic mass is 32.2. The number of carboxylic acid groups (broad SMARTS) is 1. The molecule has 0 bridgehead atoms. The molecule has 1 fully saturated rings. The lowest BCUT2D eigenvalue weighted by Gasteiger charge is -2.04. The highest BCUT2D eigenvalue weighted by Crippen LogP contribution is 2.26. The van der Waals surface area contributed by atoms with Crippen LogP contribution in [-0.2, 0) is 9.59 Å². The number of fused-ring (bicyclic) bond motifs is 1. The predicted molar refractivity (Wildman–Crippen MR) is 90.6 cm³/mol. The molecule has 118 valence electrons. The van der Waals surface area contributed by atoms with E-state index >= 15 is 0 Å². The molecule has 1 aliphatic heterocycles. The number of carboxylic acids is 1. The van der Waals surface area contributed by atoms with Gasteiger partial charge in [0.25, 0.3) is 0 Å². The summed E-state index contributed by atoms with van der Waals surface area (Å²) in [5, 5.41) is 24.0. The maximum atomic E-state index is 11.6. The molecule has 8 heteroatoms. The highest BCUT2D eigenvalue weighted by molar-refractivity contribution is 8.15. The molecular weight excluding hydrogens is 334 g/mol. The van der Waals surface area contributed by atoms with Crippen molar-refractivity contribution in [2.24, 2.45) is 10.2 Å². The second kappa shape index (κ2) is 6.51. The summed E-state index contributed by atoms with van der Waals surface area (Å²) in [7, 11) is 0.